The molecule has 1 N–H and O–H groups in total. The molecule has 0 aromatic rings. The van der Waals surface area contributed by atoms with E-state index < -0.39 is 0 Å². The van der Waals surface area contributed by atoms with Gasteiger partial charge in [-0.1, -0.05) is 13.3 Å². The van der Waals surface area contributed by atoms with Crippen molar-refractivity contribution in [2.24, 2.45) is 0 Å². The molecule has 2 heteroatoms. The fourth-order valence-electron chi connectivity index (χ4n) is 0.616. The van der Waals surface area contributed by atoms with Crippen LogP contribution in [0.3, 0.4) is 0 Å². The van der Waals surface area contributed by atoms with E-state index in [0.717, 1.165) is 6.54 Å². The van der Waals surface area contributed by atoms with E-state index in [9.17, 15) is 0 Å². The Morgan fingerprint density at radius 1 is 1.60 bits per heavy atom. The third kappa shape index (κ3) is 5.35. The van der Waals surface area contributed by atoms with Crippen LogP contribution in [0.25, 0.3) is 0 Å². The first-order valence-corrected chi connectivity index (χ1v) is 3.72. The molecule has 0 bridgehead atoms. The Labute approximate surface area is 63.3 Å². The second kappa shape index (κ2) is 6.33. The van der Waals surface area contributed by atoms with E-state index in [1.807, 2.05) is 24.0 Å². The molecule has 0 amide bonds. The molecule has 0 atom stereocenters. The van der Waals surface area contributed by atoms with Gasteiger partial charge in [0.05, 0.1) is 6.20 Å². The molecule has 0 heterocycles. The molecule has 0 rings (SSSR count). The van der Waals surface area contributed by atoms with Gasteiger partial charge in [-0.2, -0.15) is 0 Å². The lowest BCUT2D eigenvalue weighted by Crippen LogP contribution is -2.04. The second-order valence-corrected chi connectivity index (χ2v) is 2.27. The SMILES string of the molecule is C=[N+](/C=C\NC)CCCC. The van der Waals surface area contributed by atoms with Crippen LogP contribution in [0.5, 0.6) is 0 Å². The average molecular weight is 141 g/mol. The lowest BCUT2D eigenvalue weighted by Gasteiger charge is -1.91. The van der Waals surface area contributed by atoms with Gasteiger partial charge in [-0.3, -0.25) is 0 Å². The summed E-state index contributed by atoms with van der Waals surface area (Å²) in [4.78, 5) is 0. The van der Waals surface area contributed by atoms with Crippen molar-refractivity contribution in [2.45, 2.75) is 19.8 Å². The fraction of sp³-hybridized carbons (Fsp3) is 0.625. The Kier molecular flexibility index (Phi) is 5.83. The smallest absolute Gasteiger partial charge is 0.184 e. The Morgan fingerprint density at radius 3 is 2.80 bits per heavy atom. The standard InChI is InChI=1S/C8H17N2/c1-4-5-7-10(3)8-6-9-2/h6,8-9H,3-5,7H2,1-2H3/q+1/b8-6-. The van der Waals surface area contributed by atoms with Gasteiger partial charge in [-0.25, -0.2) is 4.58 Å². The van der Waals surface area contributed by atoms with Crippen LogP contribution in [0.1, 0.15) is 19.8 Å². The normalized spacial score (nSPS) is 10.2. The van der Waals surface area contributed by atoms with E-state index in [4.69, 9.17) is 0 Å². The van der Waals surface area contributed by atoms with Crippen LogP contribution < -0.4 is 5.32 Å². The Bertz CT molecular complexity index is 116. The van der Waals surface area contributed by atoms with Crippen molar-refractivity contribution in [3.05, 3.63) is 12.4 Å². The molecule has 0 aromatic heterocycles. The minimum atomic E-state index is 1.04. The molecule has 0 saturated heterocycles. The molecular formula is C8H17N2+. The van der Waals surface area contributed by atoms with Crippen molar-refractivity contribution in [1.82, 2.24) is 5.32 Å². The van der Waals surface area contributed by atoms with Gasteiger partial charge in [0.2, 0.25) is 0 Å². The molecule has 0 aliphatic carbocycles. The molecule has 0 saturated carbocycles. The van der Waals surface area contributed by atoms with E-state index in [-0.39, 0.29) is 0 Å². The fourth-order valence-corrected chi connectivity index (χ4v) is 0.616. The first-order chi connectivity index (χ1) is 4.81. The summed E-state index contributed by atoms with van der Waals surface area (Å²) in [6.45, 7) is 7.03. The van der Waals surface area contributed by atoms with Crippen LogP contribution in [0, 0.1) is 0 Å². The van der Waals surface area contributed by atoms with Gasteiger partial charge in [0.1, 0.15) is 13.3 Å². The maximum absolute atomic E-state index is 3.82. The summed E-state index contributed by atoms with van der Waals surface area (Å²) in [5, 5.41) is 2.91. The molecule has 0 unspecified atom stereocenters. The number of unbranched alkanes of at least 4 members (excludes halogenated alkanes) is 1. The van der Waals surface area contributed by atoms with E-state index >= 15 is 0 Å². The summed E-state index contributed by atoms with van der Waals surface area (Å²) in [5.74, 6) is 0. The van der Waals surface area contributed by atoms with E-state index in [1.165, 1.54) is 12.8 Å². The molecule has 0 aromatic carbocycles. The van der Waals surface area contributed by atoms with Gasteiger partial charge in [0, 0.05) is 13.5 Å². The van der Waals surface area contributed by atoms with Crippen LogP contribution in [0.2, 0.25) is 0 Å². The van der Waals surface area contributed by atoms with Gasteiger partial charge in [0.15, 0.2) is 6.20 Å². The zero-order valence-electron chi connectivity index (χ0n) is 6.93. The maximum Gasteiger partial charge on any atom is 0.184 e. The monoisotopic (exact) mass is 141 g/mol. The minimum absolute atomic E-state index is 1.04. The second-order valence-electron chi connectivity index (χ2n) is 2.27. The van der Waals surface area contributed by atoms with Crippen molar-refractivity contribution in [3.63, 3.8) is 0 Å². The van der Waals surface area contributed by atoms with Crippen LogP contribution in [-0.2, 0) is 0 Å². The van der Waals surface area contributed by atoms with Gasteiger partial charge in [0.25, 0.3) is 0 Å². The Morgan fingerprint density at radius 2 is 2.30 bits per heavy atom. The zero-order chi connectivity index (χ0) is 7.82. The third-order valence-electron chi connectivity index (χ3n) is 1.25. The molecule has 0 aliphatic heterocycles. The summed E-state index contributed by atoms with van der Waals surface area (Å²) in [7, 11) is 1.88. The van der Waals surface area contributed by atoms with Gasteiger partial charge >= 0.3 is 0 Å². The largest absolute Gasteiger partial charge is 0.389 e. The predicted molar refractivity (Wildman–Crippen MR) is 45.4 cm³/mol. The average Bonchev–Trinajstić information content (AvgIpc) is 1.97. The topological polar surface area (TPSA) is 15.0 Å². The Balaban J connectivity index is 3.34. The van der Waals surface area contributed by atoms with Crippen LogP contribution in [0.15, 0.2) is 12.4 Å². The quantitative estimate of drug-likeness (QED) is 0.449. The minimum Gasteiger partial charge on any atom is -0.389 e. The van der Waals surface area contributed by atoms with E-state index in [2.05, 4.69) is 19.0 Å². The van der Waals surface area contributed by atoms with E-state index in [0.29, 0.717) is 0 Å². The number of nitrogens with zero attached hydrogens (tertiary/aromatic N) is 1. The van der Waals surface area contributed by atoms with Crippen molar-refractivity contribution in [3.8, 4) is 0 Å². The summed E-state index contributed by atoms with van der Waals surface area (Å²) >= 11 is 0. The highest BCUT2D eigenvalue weighted by atomic mass is 15.0. The molecule has 58 valence electrons. The maximum atomic E-state index is 3.82. The van der Waals surface area contributed by atoms with E-state index in [1.54, 1.807) is 0 Å². The highest BCUT2D eigenvalue weighted by Crippen LogP contribution is 1.86. The van der Waals surface area contributed by atoms with Gasteiger partial charge in [-0.15, -0.1) is 0 Å². The number of hydrogen-bond donors (Lipinski definition) is 1. The highest BCUT2D eigenvalue weighted by molar-refractivity contribution is 5.15. The molecule has 2 nitrogen and oxygen atoms in total. The first kappa shape index (κ1) is 9.21. The van der Waals surface area contributed by atoms with Crippen molar-refractivity contribution >= 4 is 6.72 Å². The van der Waals surface area contributed by atoms with Gasteiger partial charge in [-0.05, 0) is 0 Å². The van der Waals surface area contributed by atoms with Crippen LogP contribution >= 0.6 is 0 Å². The summed E-state index contributed by atoms with van der Waals surface area (Å²) < 4.78 is 1.93. The molecule has 10 heavy (non-hydrogen) atoms. The van der Waals surface area contributed by atoms with Crippen molar-refractivity contribution < 1.29 is 4.58 Å². The third-order valence-corrected chi connectivity index (χ3v) is 1.25. The lowest BCUT2D eigenvalue weighted by atomic mass is 10.3. The summed E-state index contributed by atoms with van der Waals surface area (Å²) in [6.07, 6.45) is 6.25. The highest BCUT2D eigenvalue weighted by Gasteiger charge is 1.91. The first-order valence-electron chi connectivity index (χ1n) is 3.72. The Hall–Kier alpha value is -0.790. The lowest BCUT2D eigenvalue weighted by molar-refractivity contribution is -0.448. The van der Waals surface area contributed by atoms with Crippen LogP contribution in [0.4, 0.5) is 0 Å². The number of hydrogen-bond acceptors (Lipinski definition) is 1. The van der Waals surface area contributed by atoms with Crippen molar-refractivity contribution in [2.75, 3.05) is 13.6 Å². The predicted octanol–water partition coefficient (Wildman–Crippen LogP) is 1.19. The number of rotatable bonds is 5. The zero-order valence-corrected chi connectivity index (χ0v) is 6.93. The molecule has 0 aliphatic rings. The summed E-state index contributed by atoms with van der Waals surface area (Å²) in [6, 6.07) is 0. The van der Waals surface area contributed by atoms with Crippen LogP contribution in [-0.4, -0.2) is 24.9 Å². The molecular weight excluding hydrogens is 124 g/mol. The summed E-state index contributed by atoms with van der Waals surface area (Å²) in [5.41, 5.74) is 0. The van der Waals surface area contributed by atoms with Crippen molar-refractivity contribution in [1.29, 1.82) is 0 Å². The molecule has 0 radical (unpaired) electrons. The molecule has 0 fully saturated rings. The number of nitrogens with one attached hydrogen (secondary N) is 1. The molecule has 0 spiro atoms. The van der Waals surface area contributed by atoms with Gasteiger partial charge < -0.3 is 5.32 Å².